The molecule has 3 heterocycles. The fourth-order valence-corrected chi connectivity index (χ4v) is 4.26. The third-order valence-corrected chi connectivity index (χ3v) is 5.74. The molecule has 1 saturated heterocycles. The molecule has 1 aliphatic heterocycles. The quantitative estimate of drug-likeness (QED) is 0.626. The first-order valence-corrected chi connectivity index (χ1v) is 9.62. The predicted molar refractivity (Wildman–Crippen MR) is 102 cm³/mol. The Morgan fingerprint density at radius 3 is 2.92 bits per heavy atom. The molecule has 0 radical (unpaired) electrons. The van der Waals surface area contributed by atoms with Crippen LogP contribution in [0.5, 0.6) is 11.5 Å². The van der Waals surface area contributed by atoms with E-state index in [1.54, 1.807) is 25.6 Å². The molecule has 1 aromatic carbocycles. The van der Waals surface area contributed by atoms with E-state index in [1.807, 2.05) is 29.6 Å². The molecule has 1 atom stereocenters. The summed E-state index contributed by atoms with van der Waals surface area (Å²) in [6.45, 7) is 1.82. The van der Waals surface area contributed by atoms with Gasteiger partial charge in [0, 0.05) is 30.3 Å². The van der Waals surface area contributed by atoms with Crippen molar-refractivity contribution in [2.75, 3.05) is 20.8 Å². The van der Waals surface area contributed by atoms with Crippen molar-refractivity contribution < 1.29 is 14.0 Å². The Bertz CT molecular complexity index is 860. The molecule has 0 spiro atoms. The monoisotopic (exact) mass is 370 g/mol. The molecule has 1 aliphatic rings. The van der Waals surface area contributed by atoms with E-state index in [1.165, 1.54) is 5.56 Å². The molecular formula is C20H22N2O3S. The second-order valence-corrected chi connectivity index (χ2v) is 7.34. The molecule has 136 valence electrons. The SMILES string of the molecule is COc1ccc([C@H]2CCCN2Cc2cc(-c3cccs3)on2)c(OC)c1. The first kappa shape index (κ1) is 17.1. The molecule has 0 N–H and O–H groups in total. The summed E-state index contributed by atoms with van der Waals surface area (Å²) in [6.07, 6.45) is 2.27. The second-order valence-electron chi connectivity index (χ2n) is 6.40. The largest absolute Gasteiger partial charge is 0.497 e. The minimum absolute atomic E-state index is 0.317. The van der Waals surface area contributed by atoms with E-state index in [2.05, 4.69) is 22.2 Å². The lowest BCUT2D eigenvalue weighted by Gasteiger charge is -2.25. The number of methoxy groups -OCH3 is 2. The minimum atomic E-state index is 0.317. The Morgan fingerprint density at radius 1 is 1.23 bits per heavy atom. The van der Waals surface area contributed by atoms with Crippen LogP contribution in [0, 0.1) is 0 Å². The summed E-state index contributed by atoms with van der Waals surface area (Å²) < 4.78 is 16.5. The van der Waals surface area contributed by atoms with Gasteiger partial charge in [0.2, 0.25) is 0 Å². The molecule has 3 aromatic rings. The highest BCUT2D eigenvalue weighted by Gasteiger charge is 2.29. The zero-order chi connectivity index (χ0) is 17.9. The zero-order valence-electron chi connectivity index (χ0n) is 15.0. The third kappa shape index (κ3) is 3.34. The Labute approximate surface area is 157 Å². The first-order chi connectivity index (χ1) is 12.8. The van der Waals surface area contributed by atoms with E-state index in [9.17, 15) is 0 Å². The van der Waals surface area contributed by atoms with Gasteiger partial charge in [-0.25, -0.2) is 0 Å². The highest BCUT2D eigenvalue weighted by atomic mass is 32.1. The van der Waals surface area contributed by atoms with E-state index in [4.69, 9.17) is 14.0 Å². The number of hydrogen-bond acceptors (Lipinski definition) is 6. The average molecular weight is 370 g/mol. The van der Waals surface area contributed by atoms with Crippen molar-refractivity contribution in [2.24, 2.45) is 0 Å². The first-order valence-electron chi connectivity index (χ1n) is 8.74. The Morgan fingerprint density at radius 2 is 2.15 bits per heavy atom. The van der Waals surface area contributed by atoms with Crippen LogP contribution in [0.25, 0.3) is 10.6 Å². The maximum atomic E-state index is 5.61. The number of likely N-dealkylation sites (tertiary alicyclic amines) is 1. The summed E-state index contributed by atoms with van der Waals surface area (Å²) in [5, 5.41) is 6.32. The van der Waals surface area contributed by atoms with Gasteiger partial charge < -0.3 is 14.0 Å². The molecule has 5 nitrogen and oxygen atoms in total. The number of aromatic nitrogens is 1. The molecule has 4 rings (SSSR count). The number of ether oxygens (including phenoxy) is 2. The Balaban J connectivity index is 1.54. The lowest BCUT2D eigenvalue weighted by molar-refractivity contribution is 0.235. The van der Waals surface area contributed by atoms with E-state index in [0.717, 1.165) is 53.8 Å². The number of hydrogen-bond donors (Lipinski definition) is 0. The highest BCUT2D eigenvalue weighted by Crippen LogP contribution is 2.39. The topological polar surface area (TPSA) is 47.7 Å². The molecule has 1 fully saturated rings. The van der Waals surface area contributed by atoms with Gasteiger partial charge in [-0.05, 0) is 36.9 Å². The summed E-state index contributed by atoms with van der Waals surface area (Å²) in [6, 6.07) is 12.5. The summed E-state index contributed by atoms with van der Waals surface area (Å²) in [5.74, 6) is 2.53. The van der Waals surface area contributed by atoms with Crippen molar-refractivity contribution in [3.8, 4) is 22.1 Å². The fourth-order valence-electron chi connectivity index (χ4n) is 3.59. The van der Waals surface area contributed by atoms with Gasteiger partial charge in [-0.15, -0.1) is 11.3 Å². The van der Waals surface area contributed by atoms with E-state index >= 15 is 0 Å². The maximum absolute atomic E-state index is 5.61. The van der Waals surface area contributed by atoms with Crippen LogP contribution in [0.15, 0.2) is 46.3 Å². The number of rotatable bonds is 6. The van der Waals surface area contributed by atoms with Crippen molar-refractivity contribution in [1.29, 1.82) is 0 Å². The van der Waals surface area contributed by atoms with Crippen LogP contribution in [0.3, 0.4) is 0 Å². The summed E-state index contributed by atoms with van der Waals surface area (Å²) in [7, 11) is 3.38. The van der Waals surface area contributed by atoms with Crippen molar-refractivity contribution in [3.05, 3.63) is 53.0 Å². The van der Waals surface area contributed by atoms with Crippen LogP contribution in [0.2, 0.25) is 0 Å². The smallest absolute Gasteiger partial charge is 0.177 e. The van der Waals surface area contributed by atoms with E-state index < -0.39 is 0 Å². The van der Waals surface area contributed by atoms with Gasteiger partial charge in [-0.3, -0.25) is 4.90 Å². The van der Waals surface area contributed by atoms with Crippen LogP contribution >= 0.6 is 11.3 Å². The van der Waals surface area contributed by atoms with Crippen molar-refractivity contribution >= 4 is 11.3 Å². The third-order valence-electron chi connectivity index (χ3n) is 4.85. The van der Waals surface area contributed by atoms with Gasteiger partial charge in [0.25, 0.3) is 0 Å². The second kappa shape index (κ2) is 7.51. The Hall–Kier alpha value is -2.31. The number of thiophene rings is 1. The van der Waals surface area contributed by atoms with E-state index in [-0.39, 0.29) is 0 Å². The summed E-state index contributed by atoms with van der Waals surface area (Å²) in [5.41, 5.74) is 2.17. The van der Waals surface area contributed by atoms with Crippen LogP contribution in [-0.2, 0) is 6.54 Å². The molecule has 26 heavy (non-hydrogen) atoms. The summed E-state index contributed by atoms with van der Waals surface area (Å²) in [4.78, 5) is 3.55. The maximum Gasteiger partial charge on any atom is 0.177 e. The predicted octanol–water partition coefficient (Wildman–Crippen LogP) is 4.76. The molecule has 0 saturated carbocycles. The van der Waals surface area contributed by atoms with Gasteiger partial charge in [-0.2, -0.15) is 0 Å². The van der Waals surface area contributed by atoms with Gasteiger partial charge in [0.1, 0.15) is 11.5 Å². The number of nitrogens with zero attached hydrogens (tertiary/aromatic N) is 2. The van der Waals surface area contributed by atoms with Gasteiger partial charge in [0.05, 0.1) is 24.8 Å². The van der Waals surface area contributed by atoms with Gasteiger partial charge in [-0.1, -0.05) is 17.3 Å². The lowest BCUT2D eigenvalue weighted by Crippen LogP contribution is -2.23. The zero-order valence-corrected chi connectivity index (χ0v) is 15.8. The molecule has 0 bridgehead atoms. The Kier molecular flexibility index (Phi) is 4.95. The van der Waals surface area contributed by atoms with Crippen molar-refractivity contribution in [1.82, 2.24) is 10.1 Å². The standard InChI is InChI=1S/C20H22N2O3S/c1-23-15-7-8-16(18(12-15)24-2)17-5-3-9-22(17)13-14-11-19(25-21-14)20-6-4-10-26-20/h4,6-8,10-12,17H,3,5,9,13H2,1-2H3/t17-/m1/s1. The van der Waals surface area contributed by atoms with Crippen molar-refractivity contribution in [2.45, 2.75) is 25.4 Å². The molecule has 0 amide bonds. The van der Waals surface area contributed by atoms with Crippen LogP contribution < -0.4 is 9.47 Å². The average Bonchev–Trinajstić information content (AvgIpc) is 3.43. The molecular weight excluding hydrogens is 348 g/mol. The molecule has 0 aliphatic carbocycles. The highest BCUT2D eigenvalue weighted by molar-refractivity contribution is 7.13. The summed E-state index contributed by atoms with van der Waals surface area (Å²) >= 11 is 1.66. The lowest BCUT2D eigenvalue weighted by atomic mass is 10.0. The molecule has 0 unspecified atom stereocenters. The minimum Gasteiger partial charge on any atom is -0.497 e. The van der Waals surface area contributed by atoms with Crippen LogP contribution in [0.4, 0.5) is 0 Å². The van der Waals surface area contributed by atoms with E-state index in [0.29, 0.717) is 6.04 Å². The molecule has 2 aromatic heterocycles. The van der Waals surface area contributed by atoms with Crippen molar-refractivity contribution in [3.63, 3.8) is 0 Å². The number of benzene rings is 1. The van der Waals surface area contributed by atoms with Crippen LogP contribution in [-0.4, -0.2) is 30.8 Å². The van der Waals surface area contributed by atoms with Gasteiger partial charge in [0.15, 0.2) is 5.76 Å². The van der Waals surface area contributed by atoms with Crippen LogP contribution in [0.1, 0.15) is 30.1 Å². The normalized spacial score (nSPS) is 17.5. The van der Waals surface area contributed by atoms with Gasteiger partial charge >= 0.3 is 0 Å². The fraction of sp³-hybridized carbons (Fsp3) is 0.350. The molecule has 6 heteroatoms.